The summed E-state index contributed by atoms with van der Waals surface area (Å²) in [4.78, 5) is 40.4. The number of carbonyl (C=O) groups is 3. The van der Waals surface area contributed by atoms with Crippen molar-refractivity contribution in [2.75, 3.05) is 17.2 Å². The van der Waals surface area contributed by atoms with Crippen LogP contribution in [0.1, 0.15) is 38.5 Å². The van der Waals surface area contributed by atoms with Crippen LogP contribution in [0.15, 0.2) is 119 Å². The molecule has 5 rings (SSSR count). The first-order chi connectivity index (χ1) is 20.9. The van der Waals surface area contributed by atoms with E-state index in [9.17, 15) is 18.8 Å². The van der Waals surface area contributed by atoms with Crippen LogP contribution in [0.4, 0.5) is 15.1 Å². The molecule has 5 aromatic rings. The van der Waals surface area contributed by atoms with Crippen molar-refractivity contribution in [2.24, 2.45) is 0 Å². The number of anilines is 2. The van der Waals surface area contributed by atoms with Gasteiger partial charge in [0.25, 0.3) is 5.91 Å². The van der Waals surface area contributed by atoms with Crippen molar-refractivity contribution in [3.63, 3.8) is 0 Å². The number of hydrogen-bond acceptors (Lipinski definition) is 6. The lowest BCUT2D eigenvalue weighted by atomic mass is 10.0. The van der Waals surface area contributed by atoms with Crippen molar-refractivity contribution in [1.29, 1.82) is 0 Å². The first-order valence-corrected chi connectivity index (χ1v) is 15.2. The highest BCUT2D eigenvalue weighted by Crippen LogP contribution is 2.40. The van der Waals surface area contributed by atoms with Crippen LogP contribution in [0.3, 0.4) is 0 Å². The number of amides is 2. The van der Waals surface area contributed by atoms with Crippen LogP contribution in [0.25, 0.3) is 11.1 Å². The molecule has 0 bridgehead atoms. The molecule has 43 heavy (non-hydrogen) atoms. The van der Waals surface area contributed by atoms with Crippen LogP contribution in [0, 0.1) is 5.82 Å². The Morgan fingerprint density at radius 3 is 2.26 bits per heavy atom. The normalized spacial score (nSPS) is 11.4. The third-order valence-corrected chi connectivity index (χ3v) is 8.53. The van der Waals surface area contributed by atoms with Crippen molar-refractivity contribution >= 4 is 51.6 Å². The van der Waals surface area contributed by atoms with Crippen LogP contribution in [-0.2, 0) is 9.53 Å². The lowest BCUT2D eigenvalue weighted by molar-refractivity contribution is -0.115. The summed E-state index contributed by atoms with van der Waals surface area (Å²) in [6, 6.07) is 31.2. The molecule has 0 aliphatic heterocycles. The maximum atomic E-state index is 13.9. The van der Waals surface area contributed by atoms with Crippen LogP contribution < -0.4 is 10.6 Å². The quantitative estimate of drug-likeness (QED) is 0.122. The van der Waals surface area contributed by atoms with E-state index in [2.05, 4.69) is 10.6 Å². The van der Waals surface area contributed by atoms with E-state index in [1.54, 1.807) is 25.1 Å². The summed E-state index contributed by atoms with van der Waals surface area (Å²) in [6.45, 7) is 1.94. The van der Waals surface area contributed by atoms with Gasteiger partial charge in [-0.3, -0.25) is 9.59 Å². The molecular formula is C34H27FN2O4S2. The lowest BCUT2D eigenvalue weighted by Crippen LogP contribution is -2.20. The summed E-state index contributed by atoms with van der Waals surface area (Å²) >= 11 is 2.58. The minimum Gasteiger partial charge on any atom is -0.462 e. The summed E-state index contributed by atoms with van der Waals surface area (Å²) < 4.78 is 18.6. The highest BCUT2D eigenvalue weighted by Gasteiger charge is 2.27. The highest BCUT2D eigenvalue weighted by molar-refractivity contribution is 8.00. The molecule has 0 spiro atoms. The number of thiophene rings is 1. The van der Waals surface area contributed by atoms with Gasteiger partial charge < -0.3 is 15.4 Å². The molecule has 216 valence electrons. The van der Waals surface area contributed by atoms with Gasteiger partial charge in [0.1, 0.15) is 21.6 Å². The molecule has 0 radical (unpaired) electrons. The zero-order valence-corrected chi connectivity index (χ0v) is 24.7. The standard InChI is InChI=1S/C34H27FN2O4S2/c1-2-41-34(40)29-28(22-10-5-3-6-11-22)21-42-33(29)37-32(39)30(23-12-7-4-8-13-23)43-27-15-9-14-26(20-27)36-31(38)24-16-18-25(35)19-17-24/h3-21,30H,2H2,1H3,(H,36,38)(H,37,39). The number of carbonyl (C=O) groups excluding carboxylic acids is 3. The SMILES string of the molecule is CCOC(=O)c1c(-c2ccccc2)csc1NC(=O)C(Sc1cccc(NC(=O)c2ccc(F)cc2)c1)c1ccccc1. The fourth-order valence-corrected chi connectivity index (χ4v) is 6.40. The summed E-state index contributed by atoms with van der Waals surface area (Å²) in [5, 5.41) is 7.38. The van der Waals surface area contributed by atoms with Gasteiger partial charge in [0.15, 0.2) is 0 Å². The van der Waals surface area contributed by atoms with Crippen molar-refractivity contribution in [3.8, 4) is 11.1 Å². The Hall–Kier alpha value is -4.73. The van der Waals surface area contributed by atoms with Gasteiger partial charge in [-0.15, -0.1) is 23.1 Å². The average molecular weight is 611 g/mol. The zero-order chi connectivity index (χ0) is 30.2. The summed E-state index contributed by atoms with van der Waals surface area (Å²) in [5.41, 5.74) is 3.46. The molecule has 4 aromatic carbocycles. The number of thioether (sulfide) groups is 1. The zero-order valence-electron chi connectivity index (χ0n) is 23.1. The molecule has 1 heterocycles. The van der Waals surface area contributed by atoms with E-state index in [1.807, 2.05) is 72.1 Å². The predicted molar refractivity (Wildman–Crippen MR) is 170 cm³/mol. The Morgan fingerprint density at radius 2 is 1.56 bits per heavy atom. The second-order valence-electron chi connectivity index (χ2n) is 9.33. The van der Waals surface area contributed by atoms with Crippen LogP contribution in [0.2, 0.25) is 0 Å². The van der Waals surface area contributed by atoms with E-state index in [1.165, 1.54) is 47.4 Å². The van der Waals surface area contributed by atoms with Gasteiger partial charge in [0.05, 0.1) is 6.61 Å². The number of benzene rings is 4. The van der Waals surface area contributed by atoms with Gasteiger partial charge in [-0.1, -0.05) is 66.7 Å². The second-order valence-corrected chi connectivity index (χ2v) is 11.4. The molecular weight excluding hydrogens is 584 g/mol. The highest BCUT2D eigenvalue weighted by atomic mass is 32.2. The Morgan fingerprint density at radius 1 is 0.860 bits per heavy atom. The molecule has 1 unspecified atom stereocenters. The molecule has 1 atom stereocenters. The van der Waals surface area contributed by atoms with E-state index in [4.69, 9.17) is 4.74 Å². The number of esters is 1. The first-order valence-electron chi connectivity index (χ1n) is 13.5. The largest absolute Gasteiger partial charge is 0.462 e. The number of ether oxygens (including phenoxy) is 1. The van der Waals surface area contributed by atoms with Gasteiger partial charge in [0, 0.05) is 27.1 Å². The van der Waals surface area contributed by atoms with Gasteiger partial charge >= 0.3 is 5.97 Å². The van der Waals surface area contributed by atoms with Gasteiger partial charge in [-0.05, 0) is 60.5 Å². The number of hydrogen-bond donors (Lipinski definition) is 2. The smallest absolute Gasteiger partial charge is 0.341 e. The van der Waals surface area contributed by atoms with E-state index >= 15 is 0 Å². The maximum Gasteiger partial charge on any atom is 0.341 e. The number of nitrogens with one attached hydrogen (secondary N) is 2. The van der Waals surface area contributed by atoms with Crippen LogP contribution >= 0.6 is 23.1 Å². The van der Waals surface area contributed by atoms with E-state index in [0.717, 1.165) is 16.0 Å². The minimum atomic E-state index is -0.679. The Kier molecular flexibility index (Phi) is 9.66. The third-order valence-electron chi connectivity index (χ3n) is 6.38. The van der Waals surface area contributed by atoms with Gasteiger partial charge in [-0.2, -0.15) is 0 Å². The maximum absolute atomic E-state index is 13.9. The Labute approximate surface area is 256 Å². The molecule has 6 nitrogen and oxygen atoms in total. The van der Waals surface area contributed by atoms with Crippen molar-refractivity contribution in [1.82, 2.24) is 0 Å². The fraction of sp³-hybridized carbons (Fsp3) is 0.0882. The molecule has 0 aliphatic carbocycles. The van der Waals surface area contributed by atoms with Crippen molar-refractivity contribution in [3.05, 3.63) is 137 Å². The van der Waals surface area contributed by atoms with Crippen molar-refractivity contribution in [2.45, 2.75) is 17.1 Å². The lowest BCUT2D eigenvalue weighted by Gasteiger charge is -2.18. The van der Waals surface area contributed by atoms with Gasteiger partial charge in [0.2, 0.25) is 5.91 Å². The predicted octanol–water partition coefficient (Wildman–Crippen LogP) is 8.46. The first kappa shape index (κ1) is 29.8. The topological polar surface area (TPSA) is 84.5 Å². The number of halogens is 1. The third kappa shape index (κ3) is 7.38. The van der Waals surface area contributed by atoms with Crippen molar-refractivity contribution < 1.29 is 23.5 Å². The fourth-order valence-electron chi connectivity index (χ4n) is 4.35. The van der Waals surface area contributed by atoms with E-state index in [0.29, 0.717) is 27.4 Å². The van der Waals surface area contributed by atoms with E-state index in [-0.39, 0.29) is 18.4 Å². The monoisotopic (exact) mass is 610 g/mol. The molecule has 0 saturated heterocycles. The average Bonchev–Trinajstić information content (AvgIpc) is 3.45. The Balaban J connectivity index is 1.41. The minimum absolute atomic E-state index is 0.201. The summed E-state index contributed by atoms with van der Waals surface area (Å²) in [7, 11) is 0. The molecule has 1 aromatic heterocycles. The Bertz CT molecular complexity index is 1720. The van der Waals surface area contributed by atoms with Gasteiger partial charge in [-0.25, -0.2) is 9.18 Å². The molecule has 0 saturated carbocycles. The van der Waals surface area contributed by atoms with Crippen LogP contribution in [-0.4, -0.2) is 24.4 Å². The number of rotatable bonds is 10. The molecule has 0 aliphatic rings. The molecule has 2 amide bonds. The molecule has 9 heteroatoms. The van der Waals surface area contributed by atoms with Crippen LogP contribution in [0.5, 0.6) is 0 Å². The summed E-state index contributed by atoms with van der Waals surface area (Å²) in [5.74, 6) is -1.62. The van der Waals surface area contributed by atoms with E-state index < -0.39 is 17.0 Å². The second kappa shape index (κ2) is 14.0. The molecule has 2 N–H and O–H groups in total. The summed E-state index contributed by atoms with van der Waals surface area (Å²) in [6.07, 6.45) is 0. The molecule has 0 fully saturated rings.